The molecule has 18 heteroatoms. The predicted molar refractivity (Wildman–Crippen MR) is 176 cm³/mol. The van der Waals surface area contributed by atoms with E-state index >= 15 is 0 Å². The fraction of sp³-hybridized carbons (Fsp3) is 0.767. The van der Waals surface area contributed by atoms with Gasteiger partial charge in [-0.05, 0) is 59.3 Å². The summed E-state index contributed by atoms with van der Waals surface area (Å²) in [4.78, 5) is 38.6. The van der Waals surface area contributed by atoms with Crippen LogP contribution in [0.1, 0.15) is 81.4 Å². The number of imidazole rings is 1. The van der Waals surface area contributed by atoms with Gasteiger partial charge in [0.15, 0.2) is 17.4 Å². The number of fused-ring (bicyclic) bond motifs is 1. The lowest BCUT2D eigenvalue weighted by molar-refractivity contribution is -0.146. The number of anilines is 1. The van der Waals surface area contributed by atoms with Gasteiger partial charge in [0.1, 0.15) is 29.9 Å². The number of esters is 2. The van der Waals surface area contributed by atoms with Gasteiger partial charge in [-0.15, -0.1) is 0 Å². The zero-order valence-corrected chi connectivity index (χ0v) is 30.1. The van der Waals surface area contributed by atoms with Crippen LogP contribution in [0.4, 0.5) is 5.95 Å². The van der Waals surface area contributed by atoms with Crippen molar-refractivity contribution in [3.8, 4) is 5.88 Å². The molecule has 2 aromatic heterocycles. The number of aromatic nitrogens is 4. The van der Waals surface area contributed by atoms with E-state index < -0.39 is 62.3 Å². The van der Waals surface area contributed by atoms with E-state index in [9.17, 15) is 24.4 Å². The Hall–Kier alpha value is -2.92. The predicted octanol–water partition coefficient (Wildman–Crippen LogP) is 2.46. The Morgan fingerprint density at radius 2 is 1.58 bits per heavy atom. The Kier molecular flexibility index (Phi) is 13.7. The van der Waals surface area contributed by atoms with Crippen molar-refractivity contribution in [1.82, 2.24) is 29.7 Å². The first-order valence-corrected chi connectivity index (χ1v) is 17.9. The topological polar surface area (TPSA) is 232 Å². The number of ether oxygens (including phenoxy) is 4. The number of carbonyl (C=O) groups is 2. The second-order valence-electron chi connectivity index (χ2n) is 13.0. The molecule has 6 N–H and O–H groups in total. The summed E-state index contributed by atoms with van der Waals surface area (Å²) in [5.41, 5.74) is 4.45. The van der Waals surface area contributed by atoms with Crippen LogP contribution in [0.5, 0.6) is 5.88 Å². The van der Waals surface area contributed by atoms with Crippen LogP contribution in [0.3, 0.4) is 0 Å². The summed E-state index contributed by atoms with van der Waals surface area (Å²) in [6.45, 7) is 15.5. The summed E-state index contributed by atoms with van der Waals surface area (Å²) in [6.07, 6.45) is -2.48. The molecule has 1 fully saturated rings. The summed E-state index contributed by atoms with van der Waals surface area (Å²) in [5.74, 6) is -1.29. The molecule has 2 aromatic rings. The number of aliphatic hydroxyl groups excluding tert-OH is 1. The Bertz CT molecular complexity index is 1400. The lowest BCUT2D eigenvalue weighted by Crippen LogP contribution is -2.47. The molecule has 6 atom stereocenters. The van der Waals surface area contributed by atoms with E-state index in [0.29, 0.717) is 0 Å². The number of nitrogens with one attached hydrogen (secondary N) is 2. The number of carbonyl (C=O) groups excluding carboxylic acids is 2. The van der Waals surface area contributed by atoms with Crippen LogP contribution in [0, 0.1) is 11.8 Å². The van der Waals surface area contributed by atoms with Crippen molar-refractivity contribution in [3.63, 3.8) is 0 Å². The molecule has 272 valence electrons. The fourth-order valence-electron chi connectivity index (χ4n) is 5.29. The molecule has 3 heterocycles. The lowest BCUT2D eigenvalue weighted by Gasteiger charge is -2.30. The molecule has 1 aliphatic rings. The zero-order valence-electron chi connectivity index (χ0n) is 29.2. The summed E-state index contributed by atoms with van der Waals surface area (Å²) in [5, 5.41) is 28.3. The summed E-state index contributed by atoms with van der Waals surface area (Å²) >= 11 is 0. The van der Waals surface area contributed by atoms with E-state index in [4.69, 9.17) is 29.2 Å². The molecule has 0 aliphatic carbocycles. The molecular formula is C30H52N7O10P. The lowest BCUT2D eigenvalue weighted by atomic mass is 9.96. The van der Waals surface area contributed by atoms with Crippen molar-refractivity contribution in [2.75, 3.05) is 25.6 Å². The van der Waals surface area contributed by atoms with Crippen LogP contribution in [0.25, 0.3) is 11.2 Å². The number of hydrogen-bond acceptors (Lipinski definition) is 14. The minimum Gasteiger partial charge on any atom is -0.473 e. The third-order valence-electron chi connectivity index (χ3n) is 7.39. The molecule has 3 rings (SSSR count). The van der Waals surface area contributed by atoms with Gasteiger partial charge in [-0.2, -0.15) is 9.97 Å². The van der Waals surface area contributed by atoms with Gasteiger partial charge in [-0.1, -0.05) is 27.7 Å². The van der Waals surface area contributed by atoms with Gasteiger partial charge < -0.3 is 39.4 Å². The standard InChI is InChI=1S/C30H52N7O10P/c1-10-43-26(39)19(12-16(3)4)35-48(42,36-20(13-17(5)6)27(40)44-11-2)45-14-21-23(38)30(9,41)28(47-21)37-15-32-22-24(37)33-29(31)34-25(22)46-18(7)8/h15-21,23,28,38,41H,10-14H2,1-9H3,(H2,31,33,34)(H2,35,36,42)/t19?,20?,21-,23?,28-,30+,48?/m1/s1. The highest BCUT2D eigenvalue weighted by Crippen LogP contribution is 2.45. The van der Waals surface area contributed by atoms with Crippen molar-refractivity contribution in [2.24, 2.45) is 11.8 Å². The molecule has 3 unspecified atom stereocenters. The van der Waals surface area contributed by atoms with Crippen LogP contribution in [-0.4, -0.2) is 97.5 Å². The maximum absolute atomic E-state index is 14.6. The Morgan fingerprint density at radius 1 is 1.04 bits per heavy atom. The summed E-state index contributed by atoms with van der Waals surface area (Å²) in [7, 11) is -4.31. The number of nitrogen functional groups attached to an aromatic ring is 1. The highest BCUT2D eigenvalue weighted by molar-refractivity contribution is 7.54. The first-order valence-electron chi connectivity index (χ1n) is 16.3. The van der Waals surface area contributed by atoms with Gasteiger partial charge in [0.2, 0.25) is 11.8 Å². The zero-order chi connectivity index (χ0) is 36.0. The molecule has 1 saturated heterocycles. The third kappa shape index (κ3) is 9.83. The maximum Gasteiger partial charge on any atom is 0.342 e. The third-order valence-corrected chi connectivity index (χ3v) is 9.21. The van der Waals surface area contributed by atoms with E-state index in [-0.39, 0.29) is 67.0 Å². The van der Waals surface area contributed by atoms with Crippen LogP contribution in [-0.2, 0) is 32.9 Å². The van der Waals surface area contributed by atoms with Gasteiger partial charge >= 0.3 is 19.6 Å². The first kappa shape index (κ1) is 39.5. The van der Waals surface area contributed by atoms with Crippen molar-refractivity contribution >= 4 is 36.7 Å². The Balaban J connectivity index is 1.95. The average molecular weight is 702 g/mol. The van der Waals surface area contributed by atoms with Crippen LogP contribution in [0.15, 0.2) is 6.33 Å². The van der Waals surface area contributed by atoms with E-state index in [1.165, 1.54) is 17.8 Å². The smallest absolute Gasteiger partial charge is 0.342 e. The van der Waals surface area contributed by atoms with Gasteiger partial charge in [-0.25, -0.2) is 15.2 Å². The van der Waals surface area contributed by atoms with Gasteiger partial charge in [-0.3, -0.25) is 18.7 Å². The molecule has 0 amide bonds. The van der Waals surface area contributed by atoms with Crippen LogP contribution >= 0.6 is 7.67 Å². The van der Waals surface area contributed by atoms with Gasteiger partial charge in [0.25, 0.3) is 0 Å². The minimum absolute atomic E-state index is 0.0120. The van der Waals surface area contributed by atoms with Crippen molar-refractivity contribution in [1.29, 1.82) is 0 Å². The van der Waals surface area contributed by atoms with Crippen molar-refractivity contribution < 1.29 is 47.8 Å². The number of rotatable bonds is 18. The highest BCUT2D eigenvalue weighted by atomic mass is 31.2. The monoisotopic (exact) mass is 701 g/mol. The second kappa shape index (κ2) is 16.7. The SMILES string of the molecule is CCOC(=O)C(CC(C)C)NP(=O)(NC(CC(C)C)C(=O)OCC)OC[C@H]1O[C@@H](n2cnc3c(OC(C)C)nc(N)nc32)[C@@](C)(O)C1O. The maximum atomic E-state index is 14.6. The molecule has 17 nitrogen and oxygen atoms in total. The molecule has 0 saturated carbocycles. The van der Waals surface area contributed by atoms with E-state index in [2.05, 4.69) is 25.1 Å². The molecule has 1 aliphatic heterocycles. The molecule has 48 heavy (non-hydrogen) atoms. The van der Waals surface area contributed by atoms with Gasteiger partial charge in [0, 0.05) is 0 Å². The fourth-order valence-corrected chi connectivity index (χ4v) is 7.12. The molecule has 0 spiro atoms. The first-order chi connectivity index (χ1) is 22.4. The van der Waals surface area contributed by atoms with Crippen LogP contribution < -0.4 is 20.6 Å². The second-order valence-corrected chi connectivity index (χ2v) is 14.9. The van der Waals surface area contributed by atoms with E-state index in [1.807, 2.05) is 41.5 Å². The van der Waals surface area contributed by atoms with Crippen molar-refractivity contribution in [3.05, 3.63) is 6.33 Å². The van der Waals surface area contributed by atoms with Crippen molar-refractivity contribution in [2.45, 2.75) is 117 Å². The normalized spacial score (nSPS) is 23.8. The molecule has 0 aromatic carbocycles. The molecule has 0 radical (unpaired) electrons. The highest BCUT2D eigenvalue weighted by Gasteiger charge is 2.54. The number of nitrogens with zero attached hydrogens (tertiary/aromatic N) is 4. The Morgan fingerprint density at radius 3 is 2.06 bits per heavy atom. The van der Waals surface area contributed by atoms with E-state index in [0.717, 1.165) is 0 Å². The summed E-state index contributed by atoms with van der Waals surface area (Å²) < 4.78 is 44.2. The van der Waals surface area contributed by atoms with Gasteiger partial charge in [0.05, 0.1) is 32.3 Å². The number of hydrogen-bond donors (Lipinski definition) is 5. The Labute approximate surface area is 281 Å². The quantitative estimate of drug-likeness (QED) is 0.111. The molecular weight excluding hydrogens is 649 g/mol. The largest absolute Gasteiger partial charge is 0.473 e. The van der Waals surface area contributed by atoms with E-state index in [1.54, 1.807) is 13.8 Å². The number of nitrogens with two attached hydrogens (primary N) is 1. The minimum atomic E-state index is -4.31. The molecule has 0 bridgehead atoms. The van der Waals surface area contributed by atoms with Crippen LogP contribution in [0.2, 0.25) is 0 Å². The summed E-state index contributed by atoms with van der Waals surface area (Å²) in [6, 6.07) is -2.14. The average Bonchev–Trinajstić information content (AvgIpc) is 3.48. The number of aliphatic hydroxyl groups is 2.